The predicted molar refractivity (Wildman–Crippen MR) is 161 cm³/mol. The number of halogens is 1. The molecule has 0 aliphatic heterocycles. The maximum absolute atomic E-state index is 13.5. The van der Waals surface area contributed by atoms with Crippen molar-refractivity contribution < 1.29 is 8.63 Å². The molecule has 36 heavy (non-hydrogen) atoms. The molecule has 0 amide bonds. The third kappa shape index (κ3) is 6.00. The number of benzene rings is 3. The van der Waals surface area contributed by atoms with Crippen LogP contribution in [0.4, 0.5) is 0 Å². The Kier molecular flexibility index (Phi) is 9.00. The quantitative estimate of drug-likeness (QED) is 0.232. The Labute approximate surface area is 229 Å². The largest absolute Gasteiger partial charge is 0.405 e. The SMILES string of the molecule is C=C[C@@](CO[Si](c1ccccc1)(c1ccccc1)C(C)(C)C)(NS(=O)C(C)(C)C)c1cccc(Br)c1. The molecule has 6 heteroatoms. The van der Waals surface area contributed by atoms with Crippen molar-refractivity contribution in [2.24, 2.45) is 0 Å². The first kappa shape index (κ1) is 28.7. The fourth-order valence-electron chi connectivity index (χ4n) is 4.46. The van der Waals surface area contributed by atoms with E-state index in [4.69, 9.17) is 4.43 Å². The minimum atomic E-state index is -2.82. The molecule has 0 saturated carbocycles. The van der Waals surface area contributed by atoms with Crippen LogP contribution >= 0.6 is 15.9 Å². The van der Waals surface area contributed by atoms with Crippen LogP contribution in [0, 0.1) is 0 Å². The Bertz CT molecular complexity index is 1150. The van der Waals surface area contributed by atoms with Gasteiger partial charge in [-0.15, -0.1) is 6.58 Å². The van der Waals surface area contributed by atoms with Gasteiger partial charge >= 0.3 is 0 Å². The van der Waals surface area contributed by atoms with Crippen molar-refractivity contribution in [2.75, 3.05) is 6.61 Å². The summed E-state index contributed by atoms with van der Waals surface area (Å²) in [5.74, 6) is 0. The number of hydrogen-bond acceptors (Lipinski definition) is 2. The van der Waals surface area contributed by atoms with Crippen LogP contribution in [0.15, 0.2) is 102 Å². The third-order valence-corrected chi connectivity index (χ3v) is 13.6. The van der Waals surface area contributed by atoms with Crippen LogP contribution in [-0.4, -0.2) is 23.9 Å². The molecule has 3 aromatic rings. The predicted octanol–water partition coefficient (Wildman–Crippen LogP) is 6.46. The zero-order valence-corrected chi connectivity index (χ0v) is 25.6. The second-order valence-corrected chi connectivity index (χ2v) is 18.3. The highest BCUT2D eigenvalue weighted by Gasteiger charge is 2.51. The Morgan fingerprint density at radius 1 is 0.889 bits per heavy atom. The van der Waals surface area contributed by atoms with E-state index < -0.39 is 29.6 Å². The normalized spacial score (nSPS) is 15.2. The summed E-state index contributed by atoms with van der Waals surface area (Å²) in [6, 6.07) is 29.2. The summed E-state index contributed by atoms with van der Waals surface area (Å²) in [4.78, 5) is 0. The molecule has 1 unspecified atom stereocenters. The van der Waals surface area contributed by atoms with Crippen LogP contribution < -0.4 is 15.1 Å². The average Bonchev–Trinajstić information content (AvgIpc) is 2.83. The van der Waals surface area contributed by atoms with Crippen molar-refractivity contribution in [2.45, 2.75) is 56.9 Å². The van der Waals surface area contributed by atoms with E-state index in [1.807, 2.05) is 63.2 Å². The fraction of sp³-hybridized carbons (Fsp3) is 0.333. The fourth-order valence-corrected chi connectivity index (χ4v) is 10.4. The van der Waals surface area contributed by atoms with Gasteiger partial charge in [-0.25, -0.2) is 8.93 Å². The van der Waals surface area contributed by atoms with Crippen molar-refractivity contribution in [3.8, 4) is 0 Å². The van der Waals surface area contributed by atoms with Crippen LogP contribution in [0.3, 0.4) is 0 Å². The molecule has 3 rings (SSSR count). The molecular weight excluding hydrogens is 546 g/mol. The zero-order chi connectivity index (χ0) is 26.6. The molecule has 3 nitrogen and oxygen atoms in total. The summed E-state index contributed by atoms with van der Waals surface area (Å²) in [6.07, 6.45) is 1.84. The maximum atomic E-state index is 13.5. The van der Waals surface area contributed by atoms with Crippen molar-refractivity contribution in [1.29, 1.82) is 0 Å². The van der Waals surface area contributed by atoms with Crippen LogP contribution in [0.1, 0.15) is 47.1 Å². The summed E-state index contributed by atoms with van der Waals surface area (Å²) in [5.41, 5.74) is 0.0806. The Balaban J connectivity index is 2.21. The van der Waals surface area contributed by atoms with E-state index in [1.165, 1.54) is 10.4 Å². The third-order valence-electron chi connectivity index (χ3n) is 6.45. The lowest BCUT2D eigenvalue weighted by atomic mass is 9.92. The van der Waals surface area contributed by atoms with E-state index in [9.17, 15) is 4.21 Å². The van der Waals surface area contributed by atoms with E-state index in [2.05, 4.69) is 96.5 Å². The summed E-state index contributed by atoms with van der Waals surface area (Å²) >= 11 is 3.62. The number of nitrogens with one attached hydrogen (secondary N) is 1. The minimum absolute atomic E-state index is 0.178. The lowest BCUT2D eigenvalue weighted by Crippen LogP contribution is -2.68. The van der Waals surface area contributed by atoms with Gasteiger partial charge in [-0.1, -0.05) is 116 Å². The monoisotopic (exact) mass is 583 g/mol. The Morgan fingerprint density at radius 3 is 1.83 bits per heavy atom. The Hall–Kier alpha value is -1.83. The van der Waals surface area contributed by atoms with Gasteiger partial charge in [-0.3, -0.25) is 0 Å². The van der Waals surface area contributed by atoms with Crippen molar-refractivity contribution in [3.05, 3.63) is 108 Å². The standard InChI is InChI=1S/C30H38BrNO2SSi/c1-8-30(32-35(33)28(2,3)4,24-16-15-17-25(31)22-24)23-34-36(29(5,6)7,26-18-11-9-12-19-26)27-20-13-10-14-21-27/h8-22,32H,1,23H2,2-7H3/t30-,35?/m0/s1. The first-order chi connectivity index (χ1) is 16.9. The summed E-state index contributed by atoms with van der Waals surface area (Å²) < 4.78 is 24.6. The Morgan fingerprint density at radius 2 is 1.42 bits per heavy atom. The van der Waals surface area contributed by atoms with Crippen LogP contribution in [0.2, 0.25) is 5.04 Å². The van der Waals surface area contributed by atoms with Gasteiger partial charge in [0.05, 0.1) is 27.9 Å². The first-order valence-electron chi connectivity index (χ1n) is 12.2. The lowest BCUT2D eigenvalue weighted by molar-refractivity contribution is 0.225. The molecule has 0 radical (unpaired) electrons. The highest BCUT2D eigenvalue weighted by atomic mass is 79.9. The van der Waals surface area contributed by atoms with Crippen molar-refractivity contribution in [1.82, 2.24) is 4.72 Å². The number of hydrogen-bond donors (Lipinski definition) is 1. The molecule has 0 saturated heterocycles. The van der Waals surface area contributed by atoms with Crippen LogP contribution in [0.25, 0.3) is 0 Å². The molecule has 3 aromatic carbocycles. The molecule has 0 spiro atoms. The minimum Gasteiger partial charge on any atom is -0.405 e. The molecule has 0 fully saturated rings. The van der Waals surface area contributed by atoms with Crippen molar-refractivity contribution in [3.63, 3.8) is 0 Å². The average molecular weight is 585 g/mol. The molecule has 0 aromatic heterocycles. The van der Waals surface area contributed by atoms with E-state index in [1.54, 1.807) is 0 Å². The molecule has 192 valence electrons. The highest BCUT2D eigenvalue weighted by Crippen LogP contribution is 2.38. The smallest absolute Gasteiger partial charge is 0.261 e. The summed E-state index contributed by atoms with van der Waals surface area (Å²) in [6.45, 7) is 17.2. The van der Waals surface area contributed by atoms with E-state index in [0.29, 0.717) is 0 Å². The molecule has 1 N–H and O–H groups in total. The number of rotatable bonds is 9. The van der Waals surface area contributed by atoms with Gasteiger partial charge in [0.2, 0.25) is 0 Å². The maximum Gasteiger partial charge on any atom is 0.261 e. The van der Waals surface area contributed by atoms with Gasteiger partial charge in [0, 0.05) is 4.47 Å². The van der Waals surface area contributed by atoms with E-state index in [0.717, 1.165) is 10.0 Å². The van der Waals surface area contributed by atoms with Gasteiger partial charge < -0.3 is 4.43 Å². The van der Waals surface area contributed by atoms with Gasteiger partial charge in [0.1, 0.15) is 0 Å². The van der Waals surface area contributed by atoms with E-state index in [-0.39, 0.29) is 11.6 Å². The van der Waals surface area contributed by atoms with Gasteiger partial charge in [-0.2, -0.15) is 0 Å². The van der Waals surface area contributed by atoms with Gasteiger partial charge in [0.15, 0.2) is 0 Å². The second kappa shape index (κ2) is 11.3. The molecule has 0 aliphatic carbocycles. The summed E-state index contributed by atoms with van der Waals surface area (Å²) in [7, 11) is -4.17. The zero-order valence-electron chi connectivity index (χ0n) is 22.2. The van der Waals surface area contributed by atoms with Crippen molar-refractivity contribution >= 4 is 45.6 Å². The molecule has 0 heterocycles. The van der Waals surface area contributed by atoms with Crippen LogP contribution in [0.5, 0.6) is 0 Å². The molecular formula is C30H38BrNO2SSi. The summed E-state index contributed by atoms with van der Waals surface area (Å²) in [5, 5.41) is 2.23. The highest BCUT2D eigenvalue weighted by molar-refractivity contribution is 9.10. The first-order valence-corrected chi connectivity index (χ1v) is 16.1. The lowest BCUT2D eigenvalue weighted by Gasteiger charge is -2.45. The van der Waals surface area contributed by atoms with Gasteiger partial charge in [0.25, 0.3) is 8.32 Å². The molecule has 2 atom stereocenters. The van der Waals surface area contributed by atoms with Crippen LogP contribution in [-0.2, 0) is 21.0 Å². The molecule has 0 bridgehead atoms. The molecule has 0 aliphatic rings. The van der Waals surface area contributed by atoms with Gasteiger partial charge in [-0.05, 0) is 53.9 Å². The second-order valence-electron chi connectivity index (χ2n) is 11.1. The van der Waals surface area contributed by atoms with E-state index >= 15 is 0 Å². The topological polar surface area (TPSA) is 38.3 Å².